The quantitative estimate of drug-likeness (QED) is 0.646. The van der Waals surface area contributed by atoms with E-state index in [0.29, 0.717) is 6.04 Å². The van der Waals surface area contributed by atoms with E-state index < -0.39 is 0 Å². The molecule has 2 N–H and O–H groups in total. The van der Waals surface area contributed by atoms with Crippen LogP contribution in [0.2, 0.25) is 0 Å². The summed E-state index contributed by atoms with van der Waals surface area (Å²) in [5.74, 6) is 2.97. The van der Waals surface area contributed by atoms with Crippen LogP contribution in [0.25, 0.3) is 0 Å². The van der Waals surface area contributed by atoms with Crippen molar-refractivity contribution in [3.63, 3.8) is 0 Å². The minimum Gasteiger partial charge on any atom is -0.328 e. The second-order valence-corrected chi connectivity index (χ2v) is 4.47. The Morgan fingerprint density at radius 2 is 1.91 bits per heavy atom. The summed E-state index contributed by atoms with van der Waals surface area (Å²) >= 11 is 0. The van der Waals surface area contributed by atoms with Gasteiger partial charge in [-0.1, -0.05) is 25.7 Å². The van der Waals surface area contributed by atoms with Gasteiger partial charge >= 0.3 is 0 Å². The lowest BCUT2D eigenvalue weighted by molar-refractivity contribution is 0.429. The Morgan fingerprint density at radius 1 is 1.27 bits per heavy atom. The Bertz CT molecular complexity index is 136. The topological polar surface area (TPSA) is 26.0 Å². The monoisotopic (exact) mass is 153 g/mol. The van der Waals surface area contributed by atoms with Crippen LogP contribution < -0.4 is 5.73 Å². The third-order valence-corrected chi connectivity index (χ3v) is 3.57. The lowest BCUT2D eigenvalue weighted by Crippen LogP contribution is -2.19. The second-order valence-electron chi connectivity index (χ2n) is 4.47. The molecule has 0 aromatic carbocycles. The van der Waals surface area contributed by atoms with Crippen LogP contribution in [0.5, 0.6) is 0 Å². The Morgan fingerprint density at radius 3 is 2.36 bits per heavy atom. The molecular weight excluding hydrogens is 134 g/mol. The average molecular weight is 153 g/mol. The minimum atomic E-state index is 0.459. The van der Waals surface area contributed by atoms with Gasteiger partial charge in [-0.2, -0.15) is 0 Å². The first kappa shape index (κ1) is 7.60. The van der Waals surface area contributed by atoms with E-state index in [2.05, 4.69) is 6.92 Å². The molecule has 0 aromatic heterocycles. The summed E-state index contributed by atoms with van der Waals surface area (Å²) in [5.41, 5.74) is 5.86. The summed E-state index contributed by atoms with van der Waals surface area (Å²) in [4.78, 5) is 0. The van der Waals surface area contributed by atoms with E-state index in [1.807, 2.05) is 0 Å². The molecular formula is C10H19N. The minimum absolute atomic E-state index is 0.459. The van der Waals surface area contributed by atoms with Gasteiger partial charge in [0.2, 0.25) is 0 Å². The summed E-state index contributed by atoms with van der Waals surface area (Å²) in [7, 11) is 0. The maximum absolute atomic E-state index is 5.86. The van der Waals surface area contributed by atoms with Gasteiger partial charge in [0, 0.05) is 6.04 Å². The lowest BCUT2D eigenvalue weighted by atomic mass is 9.99. The number of nitrogens with two attached hydrogens (primary N) is 1. The van der Waals surface area contributed by atoms with Gasteiger partial charge in [-0.15, -0.1) is 0 Å². The Kier molecular flexibility index (Phi) is 1.92. The molecule has 1 heteroatoms. The molecule has 2 fully saturated rings. The van der Waals surface area contributed by atoms with Gasteiger partial charge in [-0.25, -0.2) is 0 Å². The van der Waals surface area contributed by atoms with Crippen molar-refractivity contribution >= 4 is 0 Å². The van der Waals surface area contributed by atoms with Crippen LogP contribution in [0.1, 0.15) is 39.0 Å². The molecule has 0 bridgehead atoms. The van der Waals surface area contributed by atoms with Gasteiger partial charge in [0.25, 0.3) is 0 Å². The van der Waals surface area contributed by atoms with Crippen molar-refractivity contribution in [3.05, 3.63) is 0 Å². The first-order valence-corrected chi connectivity index (χ1v) is 5.04. The molecule has 2 aliphatic rings. The molecule has 3 unspecified atom stereocenters. The molecule has 11 heavy (non-hydrogen) atoms. The van der Waals surface area contributed by atoms with Crippen molar-refractivity contribution in [2.45, 2.75) is 45.1 Å². The third kappa shape index (κ3) is 1.44. The first-order chi connectivity index (χ1) is 5.29. The van der Waals surface area contributed by atoms with Crippen LogP contribution in [-0.4, -0.2) is 6.04 Å². The predicted molar refractivity (Wildman–Crippen MR) is 47.2 cm³/mol. The molecule has 3 atom stereocenters. The van der Waals surface area contributed by atoms with Crippen LogP contribution in [0.15, 0.2) is 0 Å². The van der Waals surface area contributed by atoms with Gasteiger partial charge in [-0.3, -0.25) is 0 Å². The van der Waals surface area contributed by atoms with Crippen molar-refractivity contribution in [1.29, 1.82) is 0 Å². The smallest absolute Gasteiger partial charge is 0.00416 e. The zero-order valence-corrected chi connectivity index (χ0v) is 7.42. The van der Waals surface area contributed by atoms with Crippen molar-refractivity contribution in [3.8, 4) is 0 Å². The third-order valence-electron chi connectivity index (χ3n) is 3.57. The van der Waals surface area contributed by atoms with Gasteiger partial charge in [0.1, 0.15) is 0 Å². The fraction of sp³-hybridized carbons (Fsp3) is 1.00. The van der Waals surface area contributed by atoms with E-state index in [-0.39, 0.29) is 0 Å². The summed E-state index contributed by atoms with van der Waals surface area (Å²) in [5, 5.41) is 0. The Labute approximate surface area is 69.4 Å². The van der Waals surface area contributed by atoms with E-state index in [1.165, 1.54) is 32.1 Å². The predicted octanol–water partition coefficient (Wildman–Crippen LogP) is 2.16. The van der Waals surface area contributed by atoms with E-state index >= 15 is 0 Å². The fourth-order valence-corrected chi connectivity index (χ4v) is 2.77. The standard InChI is InChI=1S/C10H19N/c1-7(11)9-6-10(9)8-4-2-3-5-8/h7-10H,2-6,11H2,1H3. The van der Waals surface area contributed by atoms with Crippen molar-refractivity contribution in [1.82, 2.24) is 0 Å². The highest BCUT2D eigenvalue weighted by Crippen LogP contribution is 2.51. The van der Waals surface area contributed by atoms with Crippen LogP contribution in [0, 0.1) is 17.8 Å². The number of hydrogen-bond donors (Lipinski definition) is 1. The highest BCUT2D eigenvalue weighted by molar-refractivity contribution is 4.96. The van der Waals surface area contributed by atoms with Gasteiger partial charge in [-0.05, 0) is 31.1 Å². The van der Waals surface area contributed by atoms with Crippen molar-refractivity contribution in [2.24, 2.45) is 23.5 Å². The number of hydrogen-bond acceptors (Lipinski definition) is 1. The van der Waals surface area contributed by atoms with E-state index in [0.717, 1.165) is 17.8 Å². The molecule has 1 nitrogen and oxygen atoms in total. The molecule has 0 radical (unpaired) electrons. The van der Waals surface area contributed by atoms with Crippen molar-refractivity contribution in [2.75, 3.05) is 0 Å². The zero-order valence-electron chi connectivity index (χ0n) is 7.42. The summed E-state index contributed by atoms with van der Waals surface area (Å²) in [6, 6.07) is 0.459. The molecule has 0 saturated heterocycles. The SMILES string of the molecule is CC(N)C1CC1C1CCCC1. The van der Waals surface area contributed by atoms with Crippen LogP contribution >= 0.6 is 0 Å². The second kappa shape index (κ2) is 2.78. The van der Waals surface area contributed by atoms with Crippen LogP contribution in [-0.2, 0) is 0 Å². The van der Waals surface area contributed by atoms with Crippen molar-refractivity contribution < 1.29 is 0 Å². The Balaban J connectivity index is 1.81. The van der Waals surface area contributed by atoms with Gasteiger partial charge in [0.15, 0.2) is 0 Å². The lowest BCUT2D eigenvalue weighted by Gasteiger charge is -2.09. The molecule has 0 amide bonds. The molecule has 2 aliphatic carbocycles. The molecule has 0 aliphatic heterocycles. The maximum Gasteiger partial charge on any atom is 0.00416 e. The van der Waals surface area contributed by atoms with Crippen LogP contribution in [0.4, 0.5) is 0 Å². The van der Waals surface area contributed by atoms with Gasteiger partial charge in [0.05, 0.1) is 0 Å². The number of rotatable bonds is 2. The summed E-state index contributed by atoms with van der Waals surface area (Å²) in [6.45, 7) is 2.17. The largest absolute Gasteiger partial charge is 0.328 e. The molecule has 64 valence electrons. The molecule has 2 rings (SSSR count). The summed E-state index contributed by atoms with van der Waals surface area (Å²) < 4.78 is 0. The summed E-state index contributed by atoms with van der Waals surface area (Å²) in [6.07, 6.45) is 7.38. The van der Waals surface area contributed by atoms with Gasteiger partial charge < -0.3 is 5.73 Å². The molecule has 0 heterocycles. The normalized spacial score (nSPS) is 40.9. The molecule has 2 saturated carbocycles. The average Bonchev–Trinajstić information content (AvgIpc) is 2.60. The molecule has 0 spiro atoms. The maximum atomic E-state index is 5.86. The van der Waals surface area contributed by atoms with E-state index in [4.69, 9.17) is 5.73 Å². The van der Waals surface area contributed by atoms with E-state index in [9.17, 15) is 0 Å². The highest BCUT2D eigenvalue weighted by atomic mass is 14.7. The first-order valence-electron chi connectivity index (χ1n) is 5.04. The van der Waals surface area contributed by atoms with Crippen LogP contribution in [0.3, 0.4) is 0 Å². The zero-order chi connectivity index (χ0) is 7.84. The Hall–Kier alpha value is -0.0400. The highest BCUT2D eigenvalue weighted by Gasteiger charge is 2.44. The molecule has 0 aromatic rings. The fourth-order valence-electron chi connectivity index (χ4n) is 2.77. The van der Waals surface area contributed by atoms with E-state index in [1.54, 1.807) is 0 Å².